The van der Waals surface area contributed by atoms with Crippen LogP contribution in [0.15, 0.2) is 11.6 Å². The molecule has 1 amide bonds. The number of hydrogen-bond acceptors (Lipinski definition) is 5. The van der Waals surface area contributed by atoms with Crippen molar-refractivity contribution in [2.75, 3.05) is 13.1 Å². The Morgan fingerprint density at radius 2 is 2.33 bits per heavy atom. The zero-order valence-corrected chi connectivity index (χ0v) is 14.1. The number of rotatable bonds is 3. The summed E-state index contributed by atoms with van der Waals surface area (Å²) in [4.78, 5) is 18.3. The van der Waals surface area contributed by atoms with Gasteiger partial charge in [-0.2, -0.15) is 0 Å². The van der Waals surface area contributed by atoms with Crippen LogP contribution < -0.4 is 5.32 Å². The van der Waals surface area contributed by atoms with Crippen LogP contribution in [0.4, 0.5) is 4.79 Å². The molecule has 1 aromatic heterocycles. The normalized spacial score (nSPS) is 21.1. The van der Waals surface area contributed by atoms with E-state index < -0.39 is 5.60 Å². The van der Waals surface area contributed by atoms with Gasteiger partial charge in [-0.1, -0.05) is 0 Å². The highest BCUT2D eigenvalue weighted by molar-refractivity contribution is 7.09. The third-order valence-corrected chi connectivity index (χ3v) is 4.34. The average Bonchev–Trinajstić information content (AvgIpc) is 2.91. The van der Waals surface area contributed by atoms with Crippen molar-refractivity contribution in [3.05, 3.63) is 16.6 Å². The minimum Gasteiger partial charge on any atom is -0.444 e. The molecule has 1 aliphatic heterocycles. The Morgan fingerprint density at radius 1 is 1.57 bits per heavy atom. The molecule has 1 aromatic rings. The number of carbonyl (C=O) groups excluding carboxylic acids is 1. The number of piperidine rings is 1. The first-order valence-electron chi connectivity index (χ1n) is 7.48. The molecule has 5 nitrogen and oxygen atoms in total. The zero-order valence-electron chi connectivity index (χ0n) is 13.3. The second-order valence-corrected chi connectivity index (χ2v) is 7.45. The number of thiazole rings is 1. The number of aromatic nitrogens is 1. The molecule has 1 aliphatic rings. The lowest BCUT2D eigenvalue weighted by molar-refractivity contribution is 0.0184. The van der Waals surface area contributed by atoms with Crippen molar-refractivity contribution in [3.63, 3.8) is 0 Å². The van der Waals surface area contributed by atoms with Crippen molar-refractivity contribution in [2.45, 2.75) is 58.2 Å². The van der Waals surface area contributed by atoms with Gasteiger partial charge in [-0.05, 0) is 40.5 Å². The quantitative estimate of drug-likeness (QED) is 0.931. The molecule has 0 spiro atoms. The smallest absolute Gasteiger partial charge is 0.410 e. The summed E-state index contributed by atoms with van der Waals surface area (Å²) >= 11 is 1.66. The predicted molar refractivity (Wildman–Crippen MR) is 84.5 cm³/mol. The van der Waals surface area contributed by atoms with E-state index in [1.165, 1.54) is 0 Å². The third kappa shape index (κ3) is 4.97. The first-order valence-corrected chi connectivity index (χ1v) is 8.36. The molecular formula is C15H25N3O2S. The Balaban J connectivity index is 1.87. The van der Waals surface area contributed by atoms with E-state index in [1.807, 2.05) is 32.3 Å². The number of ether oxygens (including phenoxy) is 1. The Hall–Kier alpha value is -1.14. The zero-order chi connectivity index (χ0) is 15.5. The van der Waals surface area contributed by atoms with Gasteiger partial charge in [-0.3, -0.25) is 0 Å². The maximum absolute atomic E-state index is 12.1. The first-order chi connectivity index (χ1) is 9.85. The molecular weight excluding hydrogens is 286 g/mol. The van der Waals surface area contributed by atoms with Crippen LogP contribution in [0.2, 0.25) is 0 Å². The van der Waals surface area contributed by atoms with E-state index in [0.29, 0.717) is 12.6 Å². The van der Waals surface area contributed by atoms with Gasteiger partial charge in [0.15, 0.2) is 0 Å². The van der Waals surface area contributed by atoms with Gasteiger partial charge in [0, 0.05) is 30.7 Å². The van der Waals surface area contributed by atoms with E-state index in [1.54, 1.807) is 16.2 Å². The van der Waals surface area contributed by atoms with Crippen molar-refractivity contribution >= 4 is 17.4 Å². The Bertz CT molecular complexity index is 456. The fourth-order valence-electron chi connectivity index (χ4n) is 2.48. The van der Waals surface area contributed by atoms with Gasteiger partial charge in [0.2, 0.25) is 0 Å². The van der Waals surface area contributed by atoms with Crippen LogP contribution in [0, 0.1) is 0 Å². The molecule has 0 bridgehead atoms. The summed E-state index contributed by atoms with van der Waals surface area (Å²) < 4.78 is 5.45. The van der Waals surface area contributed by atoms with E-state index in [4.69, 9.17) is 4.74 Å². The first kappa shape index (κ1) is 16.2. The number of hydrogen-bond donors (Lipinski definition) is 1. The van der Waals surface area contributed by atoms with Gasteiger partial charge in [0.25, 0.3) is 0 Å². The van der Waals surface area contributed by atoms with Gasteiger partial charge >= 0.3 is 6.09 Å². The van der Waals surface area contributed by atoms with Gasteiger partial charge < -0.3 is 15.0 Å². The molecule has 2 rings (SSSR count). The van der Waals surface area contributed by atoms with Crippen LogP contribution >= 0.6 is 11.3 Å². The molecule has 1 fully saturated rings. The SMILES string of the molecule is CC(NC1CCCN(C(=O)OC(C)(C)C)C1)c1nccs1. The summed E-state index contributed by atoms with van der Waals surface area (Å²) in [6.07, 6.45) is 3.69. The number of nitrogens with zero attached hydrogens (tertiary/aromatic N) is 2. The number of nitrogens with one attached hydrogen (secondary N) is 1. The molecule has 1 saturated heterocycles. The molecule has 0 radical (unpaired) electrons. The van der Waals surface area contributed by atoms with Crippen LogP contribution in [0.5, 0.6) is 0 Å². The van der Waals surface area contributed by atoms with Crippen LogP contribution in [0.1, 0.15) is 51.6 Å². The summed E-state index contributed by atoms with van der Waals surface area (Å²) in [7, 11) is 0. The monoisotopic (exact) mass is 311 g/mol. The third-order valence-electron chi connectivity index (χ3n) is 3.38. The van der Waals surface area contributed by atoms with E-state index in [0.717, 1.165) is 24.4 Å². The summed E-state index contributed by atoms with van der Waals surface area (Å²) in [6, 6.07) is 0.513. The standard InChI is InChI=1S/C15H25N3O2S/c1-11(13-16-7-9-21-13)17-12-6-5-8-18(10-12)14(19)20-15(2,3)4/h7,9,11-12,17H,5-6,8,10H2,1-4H3. The van der Waals surface area contributed by atoms with Gasteiger partial charge in [0.1, 0.15) is 10.6 Å². The van der Waals surface area contributed by atoms with E-state index >= 15 is 0 Å². The van der Waals surface area contributed by atoms with Crippen molar-refractivity contribution < 1.29 is 9.53 Å². The lowest BCUT2D eigenvalue weighted by Crippen LogP contribution is -2.49. The van der Waals surface area contributed by atoms with Crippen molar-refractivity contribution in [1.82, 2.24) is 15.2 Å². The summed E-state index contributed by atoms with van der Waals surface area (Å²) in [5, 5.41) is 6.64. The van der Waals surface area contributed by atoms with Crippen molar-refractivity contribution in [3.8, 4) is 0 Å². The van der Waals surface area contributed by atoms with Gasteiger partial charge in [-0.25, -0.2) is 9.78 Å². The Labute approximate surface area is 130 Å². The fraction of sp³-hybridized carbons (Fsp3) is 0.733. The maximum atomic E-state index is 12.1. The minimum absolute atomic E-state index is 0.212. The van der Waals surface area contributed by atoms with E-state index in [2.05, 4.69) is 17.2 Å². The highest BCUT2D eigenvalue weighted by Gasteiger charge is 2.28. The van der Waals surface area contributed by atoms with Crippen LogP contribution in [-0.2, 0) is 4.74 Å². The summed E-state index contributed by atoms with van der Waals surface area (Å²) in [5.74, 6) is 0. The van der Waals surface area contributed by atoms with Crippen LogP contribution in [-0.4, -0.2) is 40.7 Å². The fourth-order valence-corrected chi connectivity index (χ4v) is 3.13. The maximum Gasteiger partial charge on any atom is 0.410 e. The average molecular weight is 311 g/mol. The Morgan fingerprint density at radius 3 is 2.95 bits per heavy atom. The van der Waals surface area contributed by atoms with Crippen molar-refractivity contribution in [2.24, 2.45) is 0 Å². The lowest BCUT2D eigenvalue weighted by Gasteiger charge is -2.35. The lowest BCUT2D eigenvalue weighted by atomic mass is 10.1. The molecule has 0 aliphatic carbocycles. The Kier molecular flexibility index (Phi) is 5.22. The summed E-state index contributed by atoms with van der Waals surface area (Å²) in [5.41, 5.74) is -0.439. The molecule has 2 atom stereocenters. The van der Waals surface area contributed by atoms with Crippen LogP contribution in [0.25, 0.3) is 0 Å². The molecule has 1 N–H and O–H groups in total. The van der Waals surface area contributed by atoms with Crippen molar-refractivity contribution in [1.29, 1.82) is 0 Å². The molecule has 2 unspecified atom stereocenters. The minimum atomic E-state index is -0.439. The second kappa shape index (κ2) is 6.75. The van der Waals surface area contributed by atoms with Gasteiger partial charge in [-0.15, -0.1) is 11.3 Å². The highest BCUT2D eigenvalue weighted by atomic mass is 32.1. The molecule has 6 heteroatoms. The highest BCUT2D eigenvalue weighted by Crippen LogP contribution is 2.20. The molecule has 0 saturated carbocycles. The van der Waals surface area contributed by atoms with E-state index in [-0.39, 0.29) is 12.1 Å². The summed E-state index contributed by atoms with van der Waals surface area (Å²) in [6.45, 7) is 9.29. The molecule has 21 heavy (non-hydrogen) atoms. The molecule has 2 heterocycles. The van der Waals surface area contributed by atoms with E-state index in [9.17, 15) is 4.79 Å². The molecule has 0 aromatic carbocycles. The van der Waals surface area contributed by atoms with Gasteiger partial charge in [0.05, 0.1) is 6.04 Å². The largest absolute Gasteiger partial charge is 0.444 e. The number of likely N-dealkylation sites (tertiary alicyclic amines) is 1. The number of carbonyl (C=O) groups is 1. The molecule has 118 valence electrons. The number of amides is 1. The second-order valence-electron chi connectivity index (χ2n) is 6.52. The topological polar surface area (TPSA) is 54.5 Å². The van der Waals surface area contributed by atoms with Crippen LogP contribution in [0.3, 0.4) is 0 Å². The predicted octanol–water partition coefficient (Wildman–Crippen LogP) is 3.19.